The summed E-state index contributed by atoms with van der Waals surface area (Å²) in [5, 5.41) is 0.595. The molecule has 2 aromatic carbocycles. The molecule has 2 atom stereocenters. The predicted octanol–water partition coefficient (Wildman–Crippen LogP) is 4.74. The summed E-state index contributed by atoms with van der Waals surface area (Å²) in [6, 6.07) is 14.2. The Kier molecular flexibility index (Phi) is 6.17. The van der Waals surface area contributed by atoms with Crippen LogP contribution >= 0.6 is 11.6 Å². The molecule has 0 saturated carbocycles. The van der Waals surface area contributed by atoms with Gasteiger partial charge in [-0.3, -0.25) is 9.59 Å². The topological polar surface area (TPSA) is 46.6 Å². The molecule has 0 aliphatic carbocycles. The first kappa shape index (κ1) is 19.4. The minimum absolute atomic E-state index is 0.0102. The Morgan fingerprint density at radius 3 is 2.04 bits per heavy atom. The monoisotopic (exact) mass is 385 g/mol. The number of ketones is 1. The number of hydrogen-bond donors (Lipinski definition) is 0. The van der Waals surface area contributed by atoms with Crippen LogP contribution in [0.4, 0.5) is 0 Å². The summed E-state index contributed by atoms with van der Waals surface area (Å²) in [5.74, 6) is 0.509. The molecule has 1 heterocycles. The van der Waals surface area contributed by atoms with Crippen LogP contribution < -0.4 is 4.74 Å². The molecule has 1 fully saturated rings. The number of benzene rings is 2. The Balaban J connectivity index is 1.60. The number of nitrogens with zero attached hydrogens (tertiary/aromatic N) is 1. The first-order chi connectivity index (χ1) is 13.0. The van der Waals surface area contributed by atoms with Gasteiger partial charge in [0, 0.05) is 28.2 Å². The predicted molar refractivity (Wildman–Crippen MR) is 106 cm³/mol. The first-order valence-corrected chi connectivity index (χ1v) is 9.68. The van der Waals surface area contributed by atoms with Gasteiger partial charge in [-0.25, -0.2) is 0 Å². The average Bonchev–Trinajstić information content (AvgIpc) is 2.67. The van der Waals surface area contributed by atoms with Gasteiger partial charge in [0.15, 0.2) is 12.4 Å². The maximum atomic E-state index is 12.5. The van der Waals surface area contributed by atoms with Crippen LogP contribution in [0.25, 0.3) is 0 Å². The summed E-state index contributed by atoms with van der Waals surface area (Å²) in [5.41, 5.74) is 1.14. The molecule has 1 aliphatic rings. The lowest BCUT2D eigenvalue weighted by atomic mass is 9.97. The van der Waals surface area contributed by atoms with Crippen LogP contribution in [0.5, 0.6) is 5.75 Å². The molecule has 0 unspecified atom stereocenters. The van der Waals surface area contributed by atoms with Crippen LogP contribution in [0.2, 0.25) is 5.02 Å². The molecule has 5 heteroatoms. The molecule has 142 valence electrons. The van der Waals surface area contributed by atoms with Crippen molar-refractivity contribution in [3.05, 3.63) is 64.7 Å². The molecule has 0 radical (unpaired) electrons. The second kappa shape index (κ2) is 8.57. The molecular formula is C22H24ClNO3. The van der Waals surface area contributed by atoms with E-state index in [-0.39, 0.29) is 30.4 Å². The highest BCUT2D eigenvalue weighted by Gasteiger charge is 2.28. The highest BCUT2D eigenvalue weighted by Crippen LogP contribution is 2.23. The Labute approximate surface area is 165 Å². The summed E-state index contributed by atoms with van der Waals surface area (Å²) in [6.07, 6.45) is 3.24. The normalized spacial score (nSPS) is 19.6. The lowest BCUT2D eigenvalue weighted by Gasteiger charge is -2.38. The number of halogens is 1. The molecule has 1 saturated heterocycles. The second-order valence-electron chi connectivity index (χ2n) is 7.08. The molecule has 3 rings (SSSR count). The van der Waals surface area contributed by atoms with Crippen molar-refractivity contribution in [2.45, 2.75) is 45.2 Å². The molecular weight excluding hydrogens is 362 g/mol. The third kappa shape index (κ3) is 4.69. The zero-order valence-electron chi connectivity index (χ0n) is 15.7. The fourth-order valence-corrected chi connectivity index (χ4v) is 3.73. The fourth-order valence-electron chi connectivity index (χ4n) is 3.60. The van der Waals surface area contributed by atoms with Gasteiger partial charge in [-0.15, -0.1) is 0 Å². The van der Waals surface area contributed by atoms with E-state index in [1.807, 2.05) is 4.90 Å². The number of carbonyl (C=O) groups excluding carboxylic acids is 2. The molecule has 2 aromatic rings. The number of carbonyl (C=O) groups is 2. The highest BCUT2D eigenvalue weighted by molar-refractivity contribution is 6.30. The lowest BCUT2D eigenvalue weighted by Crippen LogP contribution is -2.49. The minimum atomic E-state index is -0.0785. The van der Waals surface area contributed by atoms with Crippen LogP contribution in [-0.2, 0) is 4.79 Å². The second-order valence-corrected chi connectivity index (χ2v) is 7.52. The number of piperidine rings is 1. The maximum Gasteiger partial charge on any atom is 0.260 e. The molecule has 1 aliphatic heterocycles. The molecule has 4 nitrogen and oxygen atoms in total. The first-order valence-electron chi connectivity index (χ1n) is 9.30. The summed E-state index contributed by atoms with van der Waals surface area (Å²) < 4.78 is 5.65. The van der Waals surface area contributed by atoms with Gasteiger partial charge in [-0.2, -0.15) is 0 Å². The third-order valence-electron chi connectivity index (χ3n) is 5.07. The van der Waals surface area contributed by atoms with Crippen molar-refractivity contribution in [1.29, 1.82) is 0 Å². The van der Waals surface area contributed by atoms with E-state index in [1.165, 1.54) is 0 Å². The Morgan fingerprint density at radius 1 is 0.963 bits per heavy atom. The van der Waals surface area contributed by atoms with Crippen molar-refractivity contribution in [2.24, 2.45) is 0 Å². The lowest BCUT2D eigenvalue weighted by molar-refractivity contribution is -0.139. The van der Waals surface area contributed by atoms with Gasteiger partial charge in [0.25, 0.3) is 5.91 Å². The van der Waals surface area contributed by atoms with Gasteiger partial charge in [0.1, 0.15) is 5.75 Å². The van der Waals surface area contributed by atoms with Crippen molar-refractivity contribution in [3.63, 3.8) is 0 Å². The maximum absolute atomic E-state index is 12.5. The van der Waals surface area contributed by atoms with Crippen LogP contribution in [0.1, 0.15) is 49.0 Å². The van der Waals surface area contributed by atoms with E-state index in [4.69, 9.17) is 16.3 Å². The number of rotatable bonds is 5. The van der Waals surface area contributed by atoms with Crippen molar-refractivity contribution < 1.29 is 14.3 Å². The van der Waals surface area contributed by atoms with E-state index in [0.29, 0.717) is 21.9 Å². The van der Waals surface area contributed by atoms with E-state index in [2.05, 4.69) is 13.8 Å². The van der Waals surface area contributed by atoms with E-state index in [1.54, 1.807) is 48.5 Å². The fraction of sp³-hybridized carbons (Fsp3) is 0.364. The van der Waals surface area contributed by atoms with Gasteiger partial charge in [0.2, 0.25) is 0 Å². The Morgan fingerprint density at radius 2 is 1.48 bits per heavy atom. The van der Waals surface area contributed by atoms with Gasteiger partial charge < -0.3 is 9.64 Å². The summed E-state index contributed by atoms with van der Waals surface area (Å²) in [4.78, 5) is 26.9. The Bertz CT molecular complexity index is 791. The highest BCUT2D eigenvalue weighted by atomic mass is 35.5. The van der Waals surface area contributed by atoms with Crippen LogP contribution in [-0.4, -0.2) is 35.3 Å². The van der Waals surface area contributed by atoms with Gasteiger partial charge in [-0.1, -0.05) is 11.6 Å². The standard InChI is InChI=1S/C22H24ClNO3/c1-15-4-3-5-16(2)24(15)21(25)14-27-20-12-8-18(9-13-20)22(26)17-6-10-19(23)11-7-17/h6-13,15-16H,3-5,14H2,1-2H3/t15-,16-/m0/s1. The molecule has 27 heavy (non-hydrogen) atoms. The van der Waals surface area contributed by atoms with Crippen molar-refractivity contribution in [2.75, 3.05) is 6.61 Å². The summed E-state index contributed by atoms with van der Waals surface area (Å²) in [7, 11) is 0. The van der Waals surface area contributed by atoms with Gasteiger partial charge >= 0.3 is 0 Å². The average molecular weight is 386 g/mol. The largest absolute Gasteiger partial charge is 0.484 e. The van der Waals surface area contributed by atoms with E-state index < -0.39 is 0 Å². The number of ether oxygens (including phenoxy) is 1. The number of amides is 1. The van der Waals surface area contributed by atoms with E-state index in [9.17, 15) is 9.59 Å². The van der Waals surface area contributed by atoms with Crippen LogP contribution in [0, 0.1) is 0 Å². The van der Waals surface area contributed by atoms with Crippen molar-refractivity contribution in [3.8, 4) is 5.75 Å². The smallest absolute Gasteiger partial charge is 0.260 e. The molecule has 1 amide bonds. The molecule has 0 spiro atoms. The Hall–Kier alpha value is -2.33. The third-order valence-corrected chi connectivity index (χ3v) is 5.32. The quantitative estimate of drug-likeness (QED) is 0.698. The number of hydrogen-bond acceptors (Lipinski definition) is 3. The van der Waals surface area contributed by atoms with Crippen molar-refractivity contribution in [1.82, 2.24) is 4.90 Å². The van der Waals surface area contributed by atoms with Crippen molar-refractivity contribution >= 4 is 23.3 Å². The van der Waals surface area contributed by atoms with E-state index in [0.717, 1.165) is 19.3 Å². The SMILES string of the molecule is C[C@H]1CCC[C@H](C)N1C(=O)COc1ccc(C(=O)c2ccc(Cl)cc2)cc1. The molecule has 0 N–H and O–H groups in total. The number of likely N-dealkylation sites (tertiary alicyclic amines) is 1. The van der Waals surface area contributed by atoms with Gasteiger partial charge in [0.05, 0.1) is 0 Å². The van der Waals surface area contributed by atoms with Crippen LogP contribution in [0.3, 0.4) is 0 Å². The molecule has 0 aromatic heterocycles. The summed E-state index contributed by atoms with van der Waals surface area (Å²) >= 11 is 5.86. The van der Waals surface area contributed by atoms with E-state index >= 15 is 0 Å². The molecule has 0 bridgehead atoms. The van der Waals surface area contributed by atoms with Gasteiger partial charge in [-0.05, 0) is 81.6 Å². The zero-order chi connectivity index (χ0) is 19.4. The minimum Gasteiger partial charge on any atom is -0.484 e. The van der Waals surface area contributed by atoms with Crippen LogP contribution in [0.15, 0.2) is 48.5 Å². The zero-order valence-corrected chi connectivity index (χ0v) is 16.4. The summed E-state index contributed by atoms with van der Waals surface area (Å²) in [6.45, 7) is 4.19.